The Morgan fingerprint density at radius 1 is 0.980 bits per heavy atom. The van der Waals surface area contributed by atoms with Crippen molar-refractivity contribution in [3.63, 3.8) is 0 Å². The number of Topliss-reactive ketones (excluding diaryl/α,β-unsaturated/α-hetero) is 1. The van der Waals surface area contributed by atoms with E-state index in [4.69, 9.17) is 16.3 Å². The van der Waals surface area contributed by atoms with Crippen molar-refractivity contribution in [2.75, 3.05) is 13.1 Å². The number of hydrogen-bond acceptors (Lipinski definition) is 5. The average molecular weight is 708 g/mol. The number of aldehydes is 1. The molecule has 1 N–H and O–H groups in total. The Kier molecular flexibility index (Phi) is 10.8. The number of hydrogen-bond donors (Lipinski definition) is 1. The van der Waals surface area contributed by atoms with E-state index in [1.54, 1.807) is 19.9 Å². The molecule has 0 amide bonds. The van der Waals surface area contributed by atoms with Gasteiger partial charge in [0.25, 0.3) is 0 Å². The van der Waals surface area contributed by atoms with Crippen LogP contribution in [0, 0.1) is 56.2 Å². The molecule has 0 bridgehead atoms. The first-order valence-electron chi connectivity index (χ1n) is 19.5. The maximum absolute atomic E-state index is 14.0. The zero-order valence-corrected chi connectivity index (χ0v) is 33.5. The van der Waals surface area contributed by atoms with E-state index in [0.29, 0.717) is 41.5 Å². The topological polar surface area (TPSA) is 72.5 Å². The number of carbonyl (C=O) groups excluding carboxylic acids is 3. The van der Waals surface area contributed by atoms with Crippen LogP contribution in [0.4, 0.5) is 0 Å². The first-order valence-corrected chi connectivity index (χ1v) is 19.9. The van der Waals surface area contributed by atoms with Crippen molar-refractivity contribution in [3.05, 3.63) is 47.1 Å². The van der Waals surface area contributed by atoms with Gasteiger partial charge in [-0.05, 0) is 121 Å². The molecule has 0 aromatic carbocycles. The normalized spacial score (nSPS) is 37.9. The van der Waals surface area contributed by atoms with Crippen LogP contribution in [0.3, 0.4) is 0 Å². The lowest BCUT2D eigenvalue weighted by Crippen LogP contribution is -2.65. The molecule has 8 atom stereocenters. The van der Waals surface area contributed by atoms with Crippen LogP contribution in [-0.4, -0.2) is 37.2 Å². The number of fused-ring (bicyclic) bond motifs is 7. The van der Waals surface area contributed by atoms with Crippen LogP contribution < -0.4 is 5.32 Å². The molecule has 5 aliphatic rings. The zero-order valence-electron chi connectivity index (χ0n) is 32.7. The van der Waals surface area contributed by atoms with Gasteiger partial charge in [-0.25, -0.2) is 0 Å². The molecule has 0 spiro atoms. The molecular weight excluding hydrogens is 642 g/mol. The standard InChI is InChI=1S/C44H66ClNO4/c1-28(2)37-32(48)24-44(22-23-46-26-29(3)12-13-30(4)45)21-20-42(10)31(38(37)44)14-15-34-41(9)18-17-35(50-36(49)25-39(5,6)27-47)40(7,8)33(41)16-19-43(34,42)11/h12-13,27-28,31,33-35,46H,3-4,14-26H2,1-2,5-11H3/b13-12-/t31?,33?,34?,35?,41?,42-,43?,44?/m1/s1. The van der Waals surface area contributed by atoms with Crippen LogP contribution >= 0.6 is 11.6 Å². The fourth-order valence-corrected chi connectivity index (χ4v) is 12.8. The van der Waals surface area contributed by atoms with Gasteiger partial charge >= 0.3 is 5.97 Å². The van der Waals surface area contributed by atoms with E-state index in [2.05, 4.69) is 66.9 Å². The summed E-state index contributed by atoms with van der Waals surface area (Å²) in [6.45, 7) is 30.0. The maximum atomic E-state index is 14.0. The Balaban J connectivity index is 1.39. The molecule has 4 saturated carbocycles. The maximum Gasteiger partial charge on any atom is 0.307 e. The van der Waals surface area contributed by atoms with Gasteiger partial charge in [0.1, 0.15) is 12.4 Å². The number of ether oxygens (including phenoxy) is 1. The first kappa shape index (κ1) is 39.2. The summed E-state index contributed by atoms with van der Waals surface area (Å²) in [4.78, 5) is 38.5. The van der Waals surface area contributed by atoms with Crippen LogP contribution in [0.25, 0.3) is 0 Å². The van der Waals surface area contributed by atoms with E-state index in [1.165, 1.54) is 18.4 Å². The lowest BCUT2D eigenvalue weighted by molar-refractivity contribution is -0.233. The minimum Gasteiger partial charge on any atom is -0.462 e. The highest BCUT2D eigenvalue weighted by Gasteiger charge is 2.70. The van der Waals surface area contributed by atoms with Crippen molar-refractivity contribution in [3.8, 4) is 0 Å². The lowest BCUT2D eigenvalue weighted by Gasteiger charge is -2.72. The minimum absolute atomic E-state index is 0.0535. The van der Waals surface area contributed by atoms with Gasteiger partial charge in [0.05, 0.1) is 6.42 Å². The van der Waals surface area contributed by atoms with Crippen LogP contribution in [0.2, 0.25) is 0 Å². The second-order valence-corrected chi connectivity index (χ2v) is 19.9. The SMILES string of the molecule is C=C(Cl)/C=C\C(=C)CNCCC12CC[C@]3(C)C(CCC4C5(C)CCC(OC(=O)CC(C)(C)C=O)C(C)(C)C5CCC43C)C1=C(C(C)C)C(=O)C2. The van der Waals surface area contributed by atoms with E-state index < -0.39 is 5.41 Å². The van der Waals surface area contributed by atoms with Crippen LogP contribution in [0.5, 0.6) is 0 Å². The molecule has 6 heteroatoms. The number of esters is 1. The zero-order chi connectivity index (χ0) is 37.1. The Hall–Kier alpha value is -1.98. The molecule has 50 heavy (non-hydrogen) atoms. The average Bonchev–Trinajstić information content (AvgIpc) is 3.32. The third kappa shape index (κ3) is 6.58. The highest BCUT2D eigenvalue weighted by atomic mass is 35.5. The van der Waals surface area contributed by atoms with Crippen LogP contribution in [0.1, 0.15) is 133 Å². The molecule has 0 aromatic rings. The predicted molar refractivity (Wildman–Crippen MR) is 205 cm³/mol. The molecule has 0 saturated heterocycles. The predicted octanol–water partition coefficient (Wildman–Crippen LogP) is 10.3. The summed E-state index contributed by atoms with van der Waals surface area (Å²) in [7, 11) is 0. The molecule has 5 nitrogen and oxygen atoms in total. The molecule has 0 heterocycles. The fourth-order valence-electron chi connectivity index (χ4n) is 12.7. The number of nitrogens with one attached hydrogen (secondary N) is 1. The number of halogens is 1. The molecule has 5 aliphatic carbocycles. The molecule has 5 rings (SSSR count). The number of carbonyl (C=O) groups is 3. The largest absolute Gasteiger partial charge is 0.462 e. The Labute approximate surface area is 308 Å². The Morgan fingerprint density at radius 2 is 1.68 bits per heavy atom. The summed E-state index contributed by atoms with van der Waals surface area (Å²) in [5.74, 6) is 1.84. The molecule has 278 valence electrons. The van der Waals surface area contributed by atoms with Gasteiger partial charge in [-0.15, -0.1) is 0 Å². The van der Waals surface area contributed by atoms with Gasteiger partial charge in [-0.1, -0.05) is 98.7 Å². The second kappa shape index (κ2) is 13.8. The summed E-state index contributed by atoms with van der Waals surface area (Å²) in [6, 6.07) is 0. The second-order valence-electron chi connectivity index (χ2n) is 19.5. The number of ketones is 1. The third-order valence-corrected chi connectivity index (χ3v) is 15.5. The van der Waals surface area contributed by atoms with E-state index in [1.807, 2.05) is 6.08 Å². The summed E-state index contributed by atoms with van der Waals surface area (Å²) >= 11 is 5.91. The lowest BCUT2D eigenvalue weighted by atomic mass is 9.33. The Bertz CT molecular complexity index is 1470. The Morgan fingerprint density at radius 3 is 2.32 bits per heavy atom. The summed E-state index contributed by atoms with van der Waals surface area (Å²) < 4.78 is 6.22. The van der Waals surface area contributed by atoms with Gasteiger partial charge < -0.3 is 14.8 Å². The van der Waals surface area contributed by atoms with Crippen molar-refractivity contribution in [1.29, 1.82) is 0 Å². The van der Waals surface area contributed by atoms with Crippen LogP contribution in [0.15, 0.2) is 47.1 Å². The number of allylic oxidation sites excluding steroid dienone is 4. The van der Waals surface area contributed by atoms with Gasteiger partial charge in [0.2, 0.25) is 0 Å². The van der Waals surface area contributed by atoms with Crippen LogP contribution in [-0.2, 0) is 19.1 Å². The van der Waals surface area contributed by atoms with Crippen molar-refractivity contribution in [2.45, 2.75) is 139 Å². The van der Waals surface area contributed by atoms with Gasteiger partial charge in [-0.2, -0.15) is 0 Å². The number of rotatable bonds is 12. The minimum atomic E-state index is -0.707. The summed E-state index contributed by atoms with van der Waals surface area (Å²) in [6.07, 6.45) is 15.0. The molecule has 7 unspecified atom stereocenters. The third-order valence-electron chi connectivity index (χ3n) is 15.3. The molecule has 0 aromatic heterocycles. The van der Waals surface area contributed by atoms with Crippen molar-refractivity contribution in [2.24, 2.45) is 56.2 Å². The van der Waals surface area contributed by atoms with E-state index in [0.717, 1.165) is 68.9 Å². The van der Waals surface area contributed by atoms with Gasteiger partial charge in [-0.3, -0.25) is 9.59 Å². The molecule has 4 fully saturated rings. The van der Waals surface area contributed by atoms with Crippen molar-refractivity contribution < 1.29 is 19.1 Å². The first-order chi connectivity index (χ1) is 23.2. The van der Waals surface area contributed by atoms with Crippen molar-refractivity contribution in [1.82, 2.24) is 5.32 Å². The summed E-state index contributed by atoms with van der Waals surface area (Å²) in [5, 5.41) is 4.12. The summed E-state index contributed by atoms with van der Waals surface area (Å²) in [5.41, 5.74) is 3.18. The van der Waals surface area contributed by atoms with Gasteiger partial charge in [0.15, 0.2) is 5.78 Å². The quantitative estimate of drug-likeness (QED) is 0.0946. The van der Waals surface area contributed by atoms with E-state index in [9.17, 15) is 14.4 Å². The highest BCUT2D eigenvalue weighted by Crippen LogP contribution is 2.77. The van der Waals surface area contributed by atoms with E-state index in [-0.39, 0.29) is 51.5 Å². The fraction of sp³-hybridized carbons (Fsp3) is 0.750. The van der Waals surface area contributed by atoms with E-state index >= 15 is 0 Å². The monoisotopic (exact) mass is 707 g/mol. The molecular formula is C44H66ClNO4. The van der Waals surface area contributed by atoms with Crippen molar-refractivity contribution >= 4 is 29.6 Å². The smallest absolute Gasteiger partial charge is 0.307 e. The molecule has 0 aliphatic heterocycles. The molecule has 0 radical (unpaired) electrons. The van der Waals surface area contributed by atoms with Gasteiger partial charge in [0, 0.05) is 34.2 Å². The highest BCUT2D eigenvalue weighted by molar-refractivity contribution is 6.30.